The van der Waals surface area contributed by atoms with Gasteiger partial charge in [-0.15, -0.1) is 0 Å². The van der Waals surface area contributed by atoms with E-state index in [9.17, 15) is 4.79 Å². The van der Waals surface area contributed by atoms with Crippen LogP contribution in [-0.2, 0) is 9.53 Å². The van der Waals surface area contributed by atoms with Crippen LogP contribution in [0.15, 0.2) is 30.3 Å². The fourth-order valence-electron chi connectivity index (χ4n) is 3.58. The Morgan fingerprint density at radius 3 is 2.40 bits per heavy atom. The number of amides is 1. The molecule has 3 heteroatoms. The molecular weight excluding hydrogens is 250 g/mol. The number of rotatable bonds is 2. The van der Waals surface area contributed by atoms with Crippen molar-refractivity contribution in [3.05, 3.63) is 35.9 Å². The number of hydrogen-bond acceptors (Lipinski definition) is 2. The van der Waals surface area contributed by atoms with Crippen LogP contribution in [0.4, 0.5) is 0 Å². The first-order chi connectivity index (χ1) is 9.59. The topological polar surface area (TPSA) is 29.5 Å². The van der Waals surface area contributed by atoms with Gasteiger partial charge in [0.1, 0.15) is 5.72 Å². The molecule has 1 unspecified atom stereocenters. The summed E-state index contributed by atoms with van der Waals surface area (Å²) in [5.74, 6) is 0.133. The fourth-order valence-corrected chi connectivity index (χ4v) is 3.58. The second kappa shape index (κ2) is 5.21. The molecule has 1 aliphatic carbocycles. The predicted octanol–water partition coefficient (Wildman–Crippen LogP) is 3.66. The van der Waals surface area contributed by atoms with E-state index >= 15 is 0 Å². The Hall–Kier alpha value is -1.35. The van der Waals surface area contributed by atoms with Crippen molar-refractivity contribution < 1.29 is 9.53 Å². The summed E-state index contributed by atoms with van der Waals surface area (Å²) in [7, 11) is 0. The molecule has 108 valence electrons. The van der Waals surface area contributed by atoms with Crippen LogP contribution in [0.3, 0.4) is 0 Å². The molecule has 1 aliphatic heterocycles. The minimum absolute atomic E-state index is 0.133. The third-order valence-electron chi connectivity index (χ3n) is 4.49. The van der Waals surface area contributed by atoms with E-state index in [1.807, 2.05) is 49.1 Å². The Labute approximate surface area is 120 Å². The van der Waals surface area contributed by atoms with Crippen LogP contribution in [0.25, 0.3) is 0 Å². The van der Waals surface area contributed by atoms with Crippen molar-refractivity contribution in [2.24, 2.45) is 0 Å². The number of benzene rings is 1. The molecule has 2 aliphatic rings. The summed E-state index contributed by atoms with van der Waals surface area (Å²) in [6, 6.07) is 10.2. The van der Waals surface area contributed by atoms with Gasteiger partial charge < -0.3 is 9.64 Å². The largest absolute Gasteiger partial charge is 0.338 e. The van der Waals surface area contributed by atoms with E-state index in [4.69, 9.17) is 4.74 Å². The van der Waals surface area contributed by atoms with Gasteiger partial charge in [-0.05, 0) is 32.3 Å². The Bertz CT molecular complexity index is 477. The van der Waals surface area contributed by atoms with Gasteiger partial charge in [0.2, 0.25) is 0 Å². The van der Waals surface area contributed by atoms with Crippen LogP contribution in [0.5, 0.6) is 0 Å². The van der Waals surface area contributed by atoms with Crippen LogP contribution in [0, 0.1) is 0 Å². The Kier molecular flexibility index (Phi) is 3.55. The van der Waals surface area contributed by atoms with Crippen molar-refractivity contribution in [2.45, 2.75) is 63.8 Å². The van der Waals surface area contributed by atoms with E-state index in [1.165, 1.54) is 19.3 Å². The average molecular weight is 273 g/mol. The number of nitrogens with zero attached hydrogens (tertiary/aromatic N) is 1. The zero-order valence-corrected chi connectivity index (χ0v) is 12.3. The number of ether oxygens (including phenoxy) is 1. The molecule has 1 aromatic rings. The van der Waals surface area contributed by atoms with Gasteiger partial charge in [0.25, 0.3) is 5.91 Å². The van der Waals surface area contributed by atoms with Crippen molar-refractivity contribution >= 4 is 5.91 Å². The van der Waals surface area contributed by atoms with E-state index in [2.05, 4.69) is 0 Å². The fraction of sp³-hybridized carbons (Fsp3) is 0.588. The third-order valence-corrected chi connectivity index (χ3v) is 4.49. The van der Waals surface area contributed by atoms with E-state index in [0.29, 0.717) is 6.04 Å². The van der Waals surface area contributed by atoms with E-state index < -0.39 is 11.8 Å². The van der Waals surface area contributed by atoms with Gasteiger partial charge in [-0.3, -0.25) is 4.79 Å². The van der Waals surface area contributed by atoms with Crippen LogP contribution < -0.4 is 0 Å². The summed E-state index contributed by atoms with van der Waals surface area (Å²) in [6.45, 7) is 4.03. The highest BCUT2D eigenvalue weighted by atomic mass is 16.5. The van der Waals surface area contributed by atoms with Crippen LogP contribution in [-0.4, -0.2) is 22.6 Å². The second-order valence-corrected chi connectivity index (χ2v) is 6.36. The zero-order chi connectivity index (χ0) is 14.2. The maximum absolute atomic E-state index is 12.8. The molecule has 3 nitrogen and oxygen atoms in total. The molecule has 1 saturated heterocycles. The third kappa shape index (κ3) is 2.35. The zero-order valence-electron chi connectivity index (χ0n) is 12.3. The van der Waals surface area contributed by atoms with Gasteiger partial charge in [0.05, 0.1) is 0 Å². The summed E-state index contributed by atoms with van der Waals surface area (Å²) in [5.41, 5.74) is 0.462. The quantitative estimate of drug-likeness (QED) is 0.823. The molecule has 0 spiro atoms. The maximum Gasteiger partial charge on any atom is 0.258 e. The van der Waals surface area contributed by atoms with Crippen molar-refractivity contribution in [3.63, 3.8) is 0 Å². The van der Waals surface area contributed by atoms with Crippen molar-refractivity contribution in [2.75, 3.05) is 0 Å². The molecule has 0 radical (unpaired) electrons. The molecule has 1 saturated carbocycles. The SMILES string of the molecule is CC1(C)OC(c2ccccc2)C(=O)N1C1CCCCC1. The Morgan fingerprint density at radius 2 is 1.75 bits per heavy atom. The highest BCUT2D eigenvalue weighted by Gasteiger charge is 2.49. The van der Waals surface area contributed by atoms with Gasteiger partial charge >= 0.3 is 0 Å². The molecule has 3 rings (SSSR count). The average Bonchev–Trinajstić information content (AvgIpc) is 2.71. The lowest BCUT2D eigenvalue weighted by Crippen LogP contribution is -2.49. The molecule has 1 heterocycles. The molecule has 0 N–H and O–H groups in total. The van der Waals surface area contributed by atoms with Crippen LogP contribution in [0.1, 0.15) is 57.6 Å². The van der Waals surface area contributed by atoms with E-state index in [0.717, 1.165) is 18.4 Å². The second-order valence-electron chi connectivity index (χ2n) is 6.36. The lowest BCUT2D eigenvalue weighted by atomic mass is 9.93. The molecule has 0 aromatic heterocycles. The van der Waals surface area contributed by atoms with E-state index in [1.54, 1.807) is 0 Å². The normalized spacial score (nSPS) is 27.0. The standard InChI is InChI=1S/C17H23NO2/c1-17(2)18(14-11-7-4-8-12-14)16(19)15(20-17)13-9-5-3-6-10-13/h3,5-6,9-10,14-15H,4,7-8,11-12H2,1-2H3. The predicted molar refractivity (Wildman–Crippen MR) is 78.1 cm³/mol. The van der Waals surface area contributed by atoms with Gasteiger partial charge in [-0.2, -0.15) is 0 Å². The van der Waals surface area contributed by atoms with Crippen molar-refractivity contribution in [1.82, 2.24) is 4.90 Å². The van der Waals surface area contributed by atoms with Crippen molar-refractivity contribution in [1.29, 1.82) is 0 Å². The number of hydrogen-bond donors (Lipinski definition) is 0. The summed E-state index contributed by atoms with van der Waals surface area (Å²) >= 11 is 0. The number of carbonyl (C=O) groups is 1. The molecular formula is C17H23NO2. The highest BCUT2D eigenvalue weighted by molar-refractivity contribution is 5.85. The minimum Gasteiger partial charge on any atom is -0.338 e. The first-order valence-electron chi connectivity index (χ1n) is 7.65. The van der Waals surface area contributed by atoms with Gasteiger partial charge in [-0.25, -0.2) is 0 Å². The van der Waals surface area contributed by atoms with Gasteiger partial charge in [0, 0.05) is 6.04 Å². The Morgan fingerprint density at radius 1 is 1.10 bits per heavy atom. The summed E-state index contributed by atoms with van der Waals surface area (Å²) < 4.78 is 6.09. The maximum atomic E-state index is 12.8. The molecule has 1 atom stereocenters. The molecule has 1 amide bonds. The van der Waals surface area contributed by atoms with E-state index in [-0.39, 0.29) is 5.91 Å². The molecule has 20 heavy (non-hydrogen) atoms. The van der Waals surface area contributed by atoms with Crippen LogP contribution in [0.2, 0.25) is 0 Å². The number of carbonyl (C=O) groups excluding carboxylic acids is 1. The summed E-state index contributed by atoms with van der Waals surface area (Å²) in [4.78, 5) is 14.8. The van der Waals surface area contributed by atoms with Crippen molar-refractivity contribution in [3.8, 4) is 0 Å². The molecule has 2 fully saturated rings. The summed E-state index contributed by atoms with van der Waals surface area (Å²) in [6.07, 6.45) is 5.52. The lowest BCUT2D eigenvalue weighted by Gasteiger charge is -2.38. The monoisotopic (exact) mass is 273 g/mol. The van der Waals surface area contributed by atoms with Gasteiger partial charge in [-0.1, -0.05) is 49.6 Å². The Balaban J connectivity index is 1.86. The first-order valence-corrected chi connectivity index (χ1v) is 7.65. The first kappa shape index (κ1) is 13.6. The van der Waals surface area contributed by atoms with Crippen LogP contribution >= 0.6 is 0 Å². The molecule has 1 aromatic carbocycles. The summed E-state index contributed by atoms with van der Waals surface area (Å²) in [5, 5.41) is 0. The minimum atomic E-state index is -0.500. The van der Waals surface area contributed by atoms with Gasteiger partial charge in [0.15, 0.2) is 6.10 Å². The lowest BCUT2D eigenvalue weighted by molar-refractivity contribution is -0.136. The highest BCUT2D eigenvalue weighted by Crippen LogP contribution is 2.40. The smallest absolute Gasteiger partial charge is 0.258 e. The molecule has 0 bridgehead atoms.